The standard InChI is InChI=1S/C19H18F5N3OS/c20-29(21,22,23,24)16-5-3-4-15(14-16)17-8-9-25-27(17)19-7-2-1-6-18(19)26-10-12-28-13-11-26/h1-9,14H,10-13H2. The lowest BCUT2D eigenvalue weighted by molar-refractivity contribution is 0.122. The zero-order valence-electron chi connectivity index (χ0n) is 15.1. The number of aromatic nitrogens is 2. The Labute approximate surface area is 164 Å². The molecule has 0 amide bonds. The van der Waals surface area contributed by atoms with Gasteiger partial charge in [0.05, 0.1) is 36.5 Å². The first kappa shape index (κ1) is 19.7. The summed E-state index contributed by atoms with van der Waals surface area (Å²) in [7, 11) is -9.78. The van der Waals surface area contributed by atoms with Gasteiger partial charge in [-0.25, -0.2) is 4.68 Å². The fraction of sp³-hybridized carbons (Fsp3) is 0.211. The van der Waals surface area contributed by atoms with E-state index in [1.54, 1.807) is 12.1 Å². The quantitative estimate of drug-likeness (QED) is 0.473. The SMILES string of the molecule is FS(F)(F)(F)(F)c1cccc(-c2ccnn2-c2ccccc2N2CCOCC2)c1. The molecule has 0 aliphatic carbocycles. The highest BCUT2D eigenvalue weighted by atomic mass is 32.5. The summed E-state index contributed by atoms with van der Waals surface area (Å²) in [5.41, 5.74) is 1.77. The zero-order valence-corrected chi connectivity index (χ0v) is 16.0. The summed E-state index contributed by atoms with van der Waals surface area (Å²) in [5.74, 6) is 0. The molecule has 0 bridgehead atoms. The van der Waals surface area contributed by atoms with Gasteiger partial charge >= 0.3 is 10.2 Å². The molecule has 29 heavy (non-hydrogen) atoms. The van der Waals surface area contributed by atoms with Crippen LogP contribution in [0.25, 0.3) is 16.9 Å². The van der Waals surface area contributed by atoms with Crippen molar-refractivity contribution in [3.05, 3.63) is 60.8 Å². The van der Waals surface area contributed by atoms with E-state index in [0.29, 0.717) is 44.1 Å². The number of rotatable bonds is 4. The second kappa shape index (κ2) is 6.20. The lowest BCUT2D eigenvalue weighted by atomic mass is 10.1. The number of hydrogen-bond acceptors (Lipinski definition) is 3. The molecule has 0 saturated carbocycles. The van der Waals surface area contributed by atoms with Crippen molar-refractivity contribution in [2.24, 2.45) is 0 Å². The summed E-state index contributed by atoms with van der Waals surface area (Å²) in [6.45, 7) is 2.44. The van der Waals surface area contributed by atoms with Crippen LogP contribution in [0.2, 0.25) is 0 Å². The number of benzene rings is 2. The van der Waals surface area contributed by atoms with Crippen molar-refractivity contribution in [2.45, 2.75) is 4.90 Å². The number of hydrogen-bond donors (Lipinski definition) is 0. The van der Waals surface area contributed by atoms with Gasteiger partial charge in [0.15, 0.2) is 0 Å². The molecule has 1 saturated heterocycles. The van der Waals surface area contributed by atoms with E-state index in [-0.39, 0.29) is 11.3 Å². The van der Waals surface area contributed by atoms with E-state index in [1.807, 2.05) is 12.1 Å². The highest BCUT2D eigenvalue weighted by Crippen LogP contribution is 3.02. The van der Waals surface area contributed by atoms with Gasteiger partial charge in [0.1, 0.15) is 4.90 Å². The maximum atomic E-state index is 13.3. The molecule has 0 unspecified atom stereocenters. The predicted octanol–water partition coefficient (Wildman–Crippen LogP) is 6.03. The first-order chi connectivity index (χ1) is 13.5. The molecule has 4 rings (SSSR count). The van der Waals surface area contributed by atoms with Crippen LogP contribution in [0, 0.1) is 0 Å². The molecular weight excluding hydrogens is 413 g/mol. The van der Waals surface area contributed by atoms with Crippen molar-refractivity contribution in [3.63, 3.8) is 0 Å². The van der Waals surface area contributed by atoms with Gasteiger partial charge in [-0.05, 0) is 30.3 Å². The van der Waals surface area contributed by atoms with Crippen LogP contribution >= 0.6 is 10.2 Å². The highest BCUT2D eigenvalue weighted by molar-refractivity contribution is 8.45. The third-order valence-electron chi connectivity index (χ3n) is 4.68. The molecule has 156 valence electrons. The van der Waals surface area contributed by atoms with Crippen LogP contribution in [-0.4, -0.2) is 36.1 Å². The topological polar surface area (TPSA) is 30.3 Å². The van der Waals surface area contributed by atoms with Gasteiger partial charge in [0.25, 0.3) is 0 Å². The van der Waals surface area contributed by atoms with Crippen molar-refractivity contribution < 1.29 is 24.2 Å². The lowest BCUT2D eigenvalue weighted by Crippen LogP contribution is -2.36. The van der Waals surface area contributed by atoms with Gasteiger partial charge in [-0.15, -0.1) is 0 Å². The summed E-state index contributed by atoms with van der Waals surface area (Å²) in [5, 5.41) is 4.24. The minimum atomic E-state index is -9.78. The Kier molecular flexibility index (Phi) is 4.22. The van der Waals surface area contributed by atoms with Crippen LogP contribution in [0.4, 0.5) is 25.1 Å². The van der Waals surface area contributed by atoms with Gasteiger partial charge in [0, 0.05) is 18.7 Å². The summed E-state index contributed by atoms with van der Waals surface area (Å²) < 4.78 is 73.1. The molecule has 1 aliphatic heterocycles. The molecule has 4 nitrogen and oxygen atoms in total. The number of nitrogens with zero attached hydrogens (tertiary/aromatic N) is 3. The summed E-state index contributed by atoms with van der Waals surface area (Å²) >= 11 is 0. The van der Waals surface area contributed by atoms with E-state index in [1.165, 1.54) is 23.0 Å². The summed E-state index contributed by atoms with van der Waals surface area (Å²) in [6, 6.07) is 12.0. The first-order valence-corrected chi connectivity index (χ1v) is 10.8. The molecule has 10 heteroatoms. The summed E-state index contributed by atoms with van der Waals surface area (Å²) in [4.78, 5) is 0.173. The Morgan fingerprint density at radius 2 is 1.52 bits per heavy atom. The average Bonchev–Trinajstić information content (AvgIpc) is 3.17. The predicted molar refractivity (Wildman–Crippen MR) is 103 cm³/mol. The Hall–Kier alpha value is -2.59. The van der Waals surface area contributed by atoms with Crippen LogP contribution in [0.15, 0.2) is 65.7 Å². The normalized spacial score (nSPS) is 17.6. The van der Waals surface area contributed by atoms with Crippen molar-refractivity contribution in [1.82, 2.24) is 9.78 Å². The van der Waals surface area contributed by atoms with Gasteiger partial charge in [0.2, 0.25) is 0 Å². The van der Waals surface area contributed by atoms with Crippen LogP contribution in [-0.2, 0) is 4.74 Å². The largest absolute Gasteiger partial charge is 0.378 e. The first-order valence-electron chi connectivity index (χ1n) is 8.84. The zero-order chi connectivity index (χ0) is 20.8. The van der Waals surface area contributed by atoms with E-state index < -0.39 is 15.1 Å². The second-order valence-electron chi connectivity index (χ2n) is 6.71. The minimum Gasteiger partial charge on any atom is -0.378 e. The van der Waals surface area contributed by atoms with Gasteiger partial charge in [-0.1, -0.05) is 43.7 Å². The molecular formula is C19H18F5N3OS. The van der Waals surface area contributed by atoms with Gasteiger partial charge in [-0.2, -0.15) is 5.10 Å². The number of morpholine rings is 1. The van der Waals surface area contributed by atoms with Gasteiger partial charge in [-0.3, -0.25) is 0 Å². The fourth-order valence-corrected chi connectivity index (χ4v) is 4.01. The van der Waals surface area contributed by atoms with Crippen molar-refractivity contribution in [3.8, 4) is 16.9 Å². The maximum absolute atomic E-state index is 13.3. The smallest absolute Gasteiger partial charge is 0.310 e. The number of anilines is 1. The fourth-order valence-electron chi connectivity index (χ4n) is 3.32. The molecule has 0 spiro atoms. The lowest BCUT2D eigenvalue weighted by Gasteiger charge is -2.40. The third kappa shape index (κ3) is 4.08. The van der Waals surface area contributed by atoms with E-state index in [9.17, 15) is 19.4 Å². The van der Waals surface area contributed by atoms with E-state index in [2.05, 4.69) is 10.00 Å². The van der Waals surface area contributed by atoms with Crippen LogP contribution in [0.5, 0.6) is 0 Å². The maximum Gasteiger partial charge on any atom is 0.310 e. The monoisotopic (exact) mass is 431 g/mol. The van der Waals surface area contributed by atoms with E-state index >= 15 is 0 Å². The van der Waals surface area contributed by atoms with Crippen molar-refractivity contribution in [1.29, 1.82) is 0 Å². The Morgan fingerprint density at radius 3 is 2.21 bits per heavy atom. The molecule has 2 heterocycles. The van der Waals surface area contributed by atoms with Crippen LogP contribution < -0.4 is 4.90 Å². The average molecular weight is 431 g/mol. The molecule has 0 N–H and O–H groups in total. The Balaban J connectivity index is 1.81. The highest BCUT2D eigenvalue weighted by Gasteiger charge is 2.65. The van der Waals surface area contributed by atoms with Crippen LogP contribution in [0.3, 0.4) is 0 Å². The molecule has 2 aromatic carbocycles. The molecule has 3 aromatic rings. The van der Waals surface area contributed by atoms with E-state index in [0.717, 1.165) is 11.8 Å². The second-order valence-corrected chi connectivity index (χ2v) is 9.12. The Morgan fingerprint density at radius 1 is 0.828 bits per heavy atom. The Bertz CT molecular complexity index is 1050. The van der Waals surface area contributed by atoms with Crippen LogP contribution in [0.1, 0.15) is 0 Å². The number of para-hydroxylation sites is 2. The molecule has 1 aromatic heterocycles. The van der Waals surface area contributed by atoms with E-state index in [4.69, 9.17) is 4.74 Å². The number of halogens is 5. The third-order valence-corrected chi connectivity index (χ3v) is 5.82. The van der Waals surface area contributed by atoms with Crippen molar-refractivity contribution >= 4 is 15.9 Å². The van der Waals surface area contributed by atoms with Gasteiger partial charge < -0.3 is 9.64 Å². The number of ether oxygens (including phenoxy) is 1. The summed E-state index contributed by atoms with van der Waals surface area (Å²) in [6.07, 6.45) is 1.43. The molecule has 0 radical (unpaired) electrons. The van der Waals surface area contributed by atoms with Crippen molar-refractivity contribution in [2.75, 3.05) is 31.2 Å². The molecule has 1 aliphatic rings. The molecule has 0 atom stereocenters. The minimum absolute atomic E-state index is 0.00466. The molecule has 1 fully saturated rings.